The van der Waals surface area contributed by atoms with Gasteiger partial charge in [-0.1, -0.05) is 0 Å². The number of rotatable bonds is 4. The van der Waals surface area contributed by atoms with Gasteiger partial charge in [0.15, 0.2) is 0 Å². The zero-order valence-electron chi connectivity index (χ0n) is 6.71. The summed E-state index contributed by atoms with van der Waals surface area (Å²) in [5, 5.41) is 3.25. The third kappa shape index (κ3) is 2.37. The molecule has 62 valence electrons. The second-order valence-electron chi connectivity index (χ2n) is 2.52. The van der Waals surface area contributed by atoms with E-state index in [-0.39, 0.29) is 0 Å². The molecule has 0 aliphatic rings. The molecule has 0 aromatic carbocycles. The van der Waals surface area contributed by atoms with E-state index >= 15 is 0 Å². The van der Waals surface area contributed by atoms with Crippen molar-refractivity contribution < 1.29 is 4.42 Å². The summed E-state index contributed by atoms with van der Waals surface area (Å²) in [4.78, 5) is 0. The second kappa shape index (κ2) is 4.16. The second-order valence-corrected chi connectivity index (χ2v) is 2.52. The van der Waals surface area contributed by atoms with Gasteiger partial charge in [0.2, 0.25) is 0 Å². The van der Waals surface area contributed by atoms with Gasteiger partial charge in [0, 0.05) is 24.7 Å². The Balaban J connectivity index is 2.36. The maximum atomic E-state index is 5.34. The normalized spacial score (nSPS) is 13.3. The van der Waals surface area contributed by atoms with Crippen LogP contribution in [-0.4, -0.2) is 13.1 Å². The van der Waals surface area contributed by atoms with Gasteiger partial charge in [0.25, 0.3) is 0 Å². The van der Waals surface area contributed by atoms with Crippen molar-refractivity contribution in [2.24, 2.45) is 5.73 Å². The first-order chi connectivity index (χ1) is 5.34. The molecule has 0 aliphatic heterocycles. The van der Waals surface area contributed by atoms with Crippen LogP contribution in [0.5, 0.6) is 0 Å². The molecule has 0 bridgehead atoms. The predicted octanol–water partition coefficient (Wildman–Crippen LogP) is 0.889. The average molecular weight is 154 g/mol. The molecule has 1 heterocycles. The molecule has 3 heteroatoms. The summed E-state index contributed by atoms with van der Waals surface area (Å²) in [6.07, 6.45) is 3.42. The van der Waals surface area contributed by atoms with Gasteiger partial charge in [-0.3, -0.25) is 0 Å². The van der Waals surface area contributed by atoms with Gasteiger partial charge < -0.3 is 15.5 Å². The van der Waals surface area contributed by atoms with E-state index in [1.54, 1.807) is 12.5 Å². The van der Waals surface area contributed by atoms with Crippen molar-refractivity contribution >= 4 is 0 Å². The Labute approximate surface area is 66.6 Å². The Bertz CT molecular complexity index is 184. The summed E-state index contributed by atoms with van der Waals surface area (Å²) in [5.74, 6) is 0. The minimum absolute atomic E-state index is 0.331. The Kier molecular flexibility index (Phi) is 3.14. The predicted molar refractivity (Wildman–Crippen MR) is 44.2 cm³/mol. The van der Waals surface area contributed by atoms with Gasteiger partial charge in [-0.2, -0.15) is 0 Å². The van der Waals surface area contributed by atoms with Crippen molar-refractivity contribution in [3.63, 3.8) is 0 Å². The Morgan fingerprint density at radius 1 is 1.73 bits per heavy atom. The maximum Gasteiger partial charge on any atom is 0.0950 e. The highest BCUT2D eigenvalue weighted by Crippen LogP contribution is 2.10. The van der Waals surface area contributed by atoms with Crippen LogP contribution in [0.15, 0.2) is 23.0 Å². The molecular formula is C8H14N2O. The summed E-state index contributed by atoms with van der Waals surface area (Å²) >= 11 is 0. The molecule has 1 aromatic rings. The molecule has 3 nitrogen and oxygen atoms in total. The lowest BCUT2D eigenvalue weighted by Gasteiger charge is -2.09. The van der Waals surface area contributed by atoms with E-state index in [0.717, 1.165) is 6.54 Å². The Morgan fingerprint density at radius 2 is 2.55 bits per heavy atom. The van der Waals surface area contributed by atoms with Crippen molar-refractivity contribution in [3.8, 4) is 0 Å². The fraction of sp³-hybridized carbons (Fsp3) is 0.500. The zero-order valence-corrected chi connectivity index (χ0v) is 6.71. The SMILES string of the molecule is CC(NCCN)c1ccoc1. The van der Waals surface area contributed by atoms with Crippen molar-refractivity contribution in [1.82, 2.24) is 5.32 Å². The molecule has 1 rings (SSSR count). The van der Waals surface area contributed by atoms with Gasteiger partial charge in [-0.15, -0.1) is 0 Å². The number of nitrogens with two attached hydrogens (primary N) is 1. The highest BCUT2D eigenvalue weighted by molar-refractivity contribution is 5.09. The molecule has 0 amide bonds. The molecule has 0 saturated carbocycles. The lowest BCUT2D eigenvalue weighted by molar-refractivity contribution is 0.541. The largest absolute Gasteiger partial charge is 0.472 e. The number of hydrogen-bond acceptors (Lipinski definition) is 3. The van der Waals surface area contributed by atoms with E-state index in [4.69, 9.17) is 10.2 Å². The van der Waals surface area contributed by atoms with Gasteiger partial charge >= 0.3 is 0 Å². The van der Waals surface area contributed by atoms with E-state index in [2.05, 4.69) is 12.2 Å². The number of hydrogen-bond donors (Lipinski definition) is 2. The molecule has 0 spiro atoms. The minimum Gasteiger partial charge on any atom is -0.472 e. The molecule has 1 aromatic heterocycles. The Morgan fingerprint density at radius 3 is 3.09 bits per heavy atom. The zero-order chi connectivity index (χ0) is 8.10. The van der Waals surface area contributed by atoms with Crippen LogP contribution in [0.2, 0.25) is 0 Å². The van der Waals surface area contributed by atoms with Crippen molar-refractivity contribution in [1.29, 1.82) is 0 Å². The van der Waals surface area contributed by atoms with Crippen LogP contribution in [0, 0.1) is 0 Å². The summed E-state index contributed by atoms with van der Waals surface area (Å²) in [6.45, 7) is 3.59. The van der Waals surface area contributed by atoms with Gasteiger partial charge in [-0.05, 0) is 13.0 Å². The topological polar surface area (TPSA) is 51.2 Å². The highest BCUT2D eigenvalue weighted by atomic mass is 16.3. The molecule has 0 aliphatic carbocycles. The number of nitrogens with one attached hydrogen (secondary N) is 1. The van der Waals surface area contributed by atoms with Crippen LogP contribution in [0.3, 0.4) is 0 Å². The van der Waals surface area contributed by atoms with Crippen molar-refractivity contribution in [2.45, 2.75) is 13.0 Å². The van der Waals surface area contributed by atoms with Crippen LogP contribution < -0.4 is 11.1 Å². The quantitative estimate of drug-likeness (QED) is 0.677. The molecule has 0 radical (unpaired) electrons. The van der Waals surface area contributed by atoms with Gasteiger partial charge in [0.1, 0.15) is 0 Å². The summed E-state index contributed by atoms with van der Waals surface area (Å²) in [6, 6.07) is 2.28. The maximum absolute atomic E-state index is 5.34. The third-order valence-electron chi connectivity index (χ3n) is 1.64. The van der Waals surface area contributed by atoms with E-state index in [1.165, 1.54) is 5.56 Å². The van der Waals surface area contributed by atoms with E-state index in [0.29, 0.717) is 12.6 Å². The molecular weight excluding hydrogens is 140 g/mol. The van der Waals surface area contributed by atoms with Crippen LogP contribution in [0.1, 0.15) is 18.5 Å². The standard InChI is InChI=1S/C8H14N2O/c1-7(10-4-3-9)8-2-5-11-6-8/h2,5-7,10H,3-4,9H2,1H3. The van der Waals surface area contributed by atoms with E-state index in [1.807, 2.05) is 6.07 Å². The van der Waals surface area contributed by atoms with Gasteiger partial charge in [-0.25, -0.2) is 0 Å². The lowest BCUT2D eigenvalue weighted by atomic mass is 10.2. The smallest absolute Gasteiger partial charge is 0.0950 e. The average Bonchev–Trinajstić information content (AvgIpc) is 2.52. The highest BCUT2D eigenvalue weighted by Gasteiger charge is 2.03. The first kappa shape index (κ1) is 8.30. The van der Waals surface area contributed by atoms with E-state index in [9.17, 15) is 0 Å². The summed E-state index contributed by atoms with van der Waals surface area (Å²) < 4.78 is 4.94. The van der Waals surface area contributed by atoms with Crippen LogP contribution >= 0.6 is 0 Å². The van der Waals surface area contributed by atoms with Crippen LogP contribution in [0.25, 0.3) is 0 Å². The van der Waals surface area contributed by atoms with E-state index < -0.39 is 0 Å². The van der Waals surface area contributed by atoms with Crippen LogP contribution in [-0.2, 0) is 0 Å². The summed E-state index contributed by atoms with van der Waals surface area (Å²) in [7, 11) is 0. The third-order valence-corrected chi connectivity index (χ3v) is 1.64. The first-order valence-corrected chi connectivity index (χ1v) is 3.80. The van der Waals surface area contributed by atoms with Crippen molar-refractivity contribution in [3.05, 3.63) is 24.2 Å². The fourth-order valence-electron chi connectivity index (χ4n) is 0.939. The first-order valence-electron chi connectivity index (χ1n) is 3.80. The van der Waals surface area contributed by atoms with Crippen LogP contribution in [0.4, 0.5) is 0 Å². The summed E-state index contributed by atoms with van der Waals surface area (Å²) in [5.41, 5.74) is 6.51. The lowest BCUT2D eigenvalue weighted by Crippen LogP contribution is -2.25. The molecule has 0 fully saturated rings. The fourth-order valence-corrected chi connectivity index (χ4v) is 0.939. The molecule has 1 atom stereocenters. The minimum atomic E-state index is 0.331. The number of furan rings is 1. The Hall–Kier alpha value is -0.800. The monoisotopic (exact) mass is 154 g/mol. The molecule has 11 heavy (non-hydrogen) atoms. The van der Waals surface area contributed by atoms with Crippen molar-refractivity contribution in [2.75, 3.05) is 13.1 Å². The molecule has 3 N–H and O–H groups in total. The van der Waals surface area contributed by atoms with Gasteiger partial charge in [0.05, 0.1) is 12.5 Å². The molecule has 1 unspecified atom stereocenters. The molecule has 0 saturated heterocycles.